The molecule has 0 spiro atoms. The summed E-state index contributed by atoms with van der Waals surface area (Å²) in [5, 5.41) is 10.6. The Morgan fingerprint density at radius 1 is 1.18 bits per heavy atom. The summed E-state index contributed by atoms with van der Waals surface area (Å²) in [6.45, 7) is 2.97. The average molecular weight is 479 g/mol. The van der Waals surface area contributed by atoms with Crippen molar-refractivity contribution in [3.05, 3.63) is 41.3 Å². The van der Waals surface area contributed by atoms with Gasteiger partial charge in [0.05, 0.1) is 17.3 Å². The largest absolute Gasteiger partial charge is 0.383 e. The third kappa shape index (κ3) is 6.55. The minimum Gasteiger partial charge on any atom is -0.383 e. The van der Waals surface area contributed by atoms with Crippen LogP contribution in [0.1, 0.15) is 45.4 Å². The van der Waals surface area contributed by atoms with E-state index < -0.39 is 11.5 Å². The van der Waals surface area contributed by atoms with Gasteiger partial charge in [-0.1, -0.05) is 17.7 Å². The molecule has 180 valence electrons. The van der Waals surface area contributed by atoms with Gasteiger partial charge in [-0.25, -0.2) is 13.8 Å². The van der Waals surface area contributed by atoms with Gasteiger partial charge in [-0.05, 0) is 69.2 Å². The lowest BCUT2D eigenvalue weighted by Crippen LogP contribution is -2.42. The number of ether oxygens (including phenoxy) is 1. The third-order valence-corrected chi connectivity index (χ3v) is 6.84. The van der Waals surface area contributed by atoms with Crippen LogP contribution in [0.4, 0.5) is 20.3 Å². The predicted octanol–water partition coefficient (Wildman–Crippen LogP) is 5.80. The Bertz CT molecular complexity index is 948. The van der Waals surface area contributed by atoms with Crippen molar-refractivity contribution in [1.29, 1.82) is 0 Å². The number of aromatic nitrogens is 1. The van der Waals surface area contributed by atoms with Gasteiger partial charge in [0.25, 0.3) is 0 Å². The maximum atomic E-state index is 14.3. The summed E-state index contributed by atoms with van der Waals surface area (Å²) in [4.78, 5) is 4.45. The normalized spacial score (nSPS) is 22.6. The molecule has 2 aromatic rings. The van der Waals surface area contributed by atoms with Gasteiger partial charge >= 0.3 is 0 Å². The second-order valence-corrected chi connectivity index (χ2v) is 9.87. The van der Waals surface area contributed by atoms with Crippen molar-refractivity contribution >= 4 is 23.1 Å². The molecule has 2 fully saturated rings. The summed E-state index contributed by atoms with van der Waals surface area (Å²) in [5.74, 6) is 0.342. The maximum Gasteiger partial charge on any atom is 0.146 e. The monoisotopic (exact) mass is 478 g/mol. The molecule has 2 aliphatic rings. The first kappa shape index (κ1) is 24.2. The van der Waals surface area contributed by atoms with Crippen molar-refractivity contribution in [2.24, 2.45) is 0 Å². The summed E-state index contributed by atoms with van der Waals surface area (Å²) in [7, 11) is 1.73. The lowest BCUT2D eigenvalue weighted by Gasteiger charge is -2.32. The molecule has 0 saturated heterocycles. The van der Waals surface area contributed by atoms with Crippen LogP contribution in [0.15, 0.2) is 30.5 Å². The summed E-state index contributed by atoms with van der Waals surface area (Å²) >= 11 is 6.44. The Hall–Kier alpha value is -1.96. The Morgan fingerprint density at radius 3 is 2.61 bits per heavy atom. The van der Waals surface area contributed by atoms with Gasteiger partial charge in [-0.2, -0.15) is 0 Å². The Balaban J connectivity index is 1.39. The topological polar surface area (TPSA) is 58.2 Å². The fourth-order valence-electron chi connectivity index (χ4n) is 4.45. The number of benzene rings is 1. The summed E-state index contributed by atoms with van der Waals surface area (Å²) in [6, 6.07) is 7.86. The number of anilines is 2. The minimum atomic E-state index is -1.20. The van der Waals surface area contributed by atoms with Crippen LogP contribution in [0.25, 0.3) is 11.1 Å². The fraction of sp³-hybridized carbons (Fsp3) is 0.560. The molecule has 3 N–H and O–H groups in total. The van der Waals surface area contributed by atoms with Crippen molar-refractivity contribution in [3.8, 4) is 11.1 Å². The lowest BCUT2D eigenvalue weighted by atomic mass is 9.90. The van der Waals surface area contributed by atoms with Gasteiger partial charge < -0.3 is 20.7 Å². The minimum absolute atomic E-state index is 0.117. The highest BCUT2D eigenvalue weighted by Crippen LogP contribution is 2.40. The first-order valence-corrected chi connectivity index (χ1v) is 12.1. The van der Waals surface area contributed by atoms with Crippen LogP contribution in [0.5, 0.6) is 0 Å². The van der Waals surface area contributed by atoms with Crippen LogP contribution in [-0.2, 0) is 4.74 Å². The van der Waals surface area contributed by atoms with Crippen molar-refractivity contribution in [1.82, 2.24) is 10.3 Å². The van der Waals surface area contributed by atoms with E-state index in [9.17, 15) is 8.78 Å². The molecule has 1 heterocycles. The molecule has 4 rings (SSSR count). The van der Waals surface area contributed by atoms with Crippen LogP contribution in [-0.4, -0.2) is 49.0 Å². The van der Waals surface area contributed by atoms with Gasteiger partial charge in [0.1, 0.15) is 17.3 Å². The van der Waals surface area contributed by atoms with Crippen LogP contribution < -0.4 is 16.0 Å². The van der Waals surface area contributed by atoms with E-state index in [0.717, 1.165) is 42.6 Å². The molecule has 0 radical (unpaired) electrons. The summed E-state index contributed by atoms with van der Waals surface area (Å²) in [6.07, 6.45) is 6.95. The smallest absolute Gasteiger partial charge is 0.146 e. The summed E-state index contributed by atoms with van der Waals surface area (Å²) in [5.41, 5.74) is 0.609. The van der Waals surface area contributed by atoms with E-state index in [2.05, 4.69) is 27.9 Å². The number of pyridine rings is 1. The SMILES string of the molecule is COC[C@H](C)NC1CCC(Nc2cc(-c3ccc(F)c(NCC4(F)CC4)c3)c(Cl)cn2)CC1. The Morgan fingerprint density at radius 2 is 1.91 bits per heavy atom. The maximum absolute atomic E-state index is 14.3. The number of hydrogen-bond acceptors (Lipinski definition) is 5. The Kier molecular flexibility index (Phi) is 7.72. The fourth-order valence-corrected chi connectivity index (χ4v) is 4.66. The molecule has 1 aromatic carbocycles. The van der Waals surface area contributed by atoms with Crippen molar-refractivity contribution in [2.45, 2.75) is 69.2 Å². The van der Waals surface area contributed by atoms with Crippen molar-refractivity contribution < 1.29 is 13.5 Å². The van der Waals surface area contributed by atoms with E-state index in [0.29, 0.717) is 42.6 Å². The summed E-state index contributed by atoms with van der Waals surface area (Å²) < 4.78 is 33.5. The predicted molar refractivity (Wildman–Crippen MR) is 130 cm³/mol. The van der Waals surface area contributed by atoms with Crippen molar-refractivity contribution in [2.75, 3.05) is 30.9 Å². The number of methoxy groups -OCH3 is 1. The molecule has 0 aliphatic heterocycles. The molecule has 0 unspecified atom stereocenters. The highest BCUT2D eigenvalue weighted by Gasteiger charge is 2.42. The van der Waals surface area contributed by atoms with Crippen LogP contribution >= 0.6 is 11.6 Å². The zero-order chi connectivity index (χ0) is 23.4. The first-order chi connectivity index (χ1) is 15.8. The van der Waals surface area contributed by atoms with E-state index in [1.54, 1.807) is 25.4 Å². The quantitative estimate of drug-likeness (QED) is 0.402. The molecule has 33 heavy (non-hydrogen) atoms. The van der Waals surface area contributed by atoms with E-state index in [4.69, 9.17) is 16.3 Å². The zero-order valence-electron chi connectivity index (χ0n) is 19.3. The molecule has 0 amide bonds. The zero-order valence-corrected chi connectivity index (χ0v) is 20.0. The van der Waals surface area contributed by atoms with Crippen LogP contribution in [0.2, 0.25) is 5.02 Å². The molecule has 1 atom stereocenters. The van der Waals surface area contributed by atoms with Crippen LogP contribution in [0.3, 0.4) is 0 Å². The van der Waals surface area contributed by atoms with Gasteiger partial charge in [0.15, 0.2) is 0 Å². The average Bonchev–Trinajstić information content (AvgIpc) is 3.53. The van der Waals surface area contributed by atoms with E-state index >= 15 is 0 Å². The van der Waals surface area contributed by atoms with Gasteiger partial charge in [-0.15, -0.1) is 0 Å². The number of hydrogen-bond donors (Lipinski definition) is 3. The molecule has 5 nitrogen and oxygen atoms in total. The van der Waals surface area contributed by atoms with Gasteiger partial charge in [0.2, 0.25) is 0 Å². The Labute approximate surface area is 199 Å². The lowest BCUT2D eigenvalue weighted by molar-refractivity contribution is 0.161. The van der Waals surface area contributed by atoms with E-state index in [1.165, 1.54) is 6.07 Å². The molecule has 1 aromatic heterocycles. The number of nitrogens with one attached hydrogen (secondary N) is 3. The molecule has 8 heteroatoms. The number of halogens is 3. The van der Waals surface area contributed by atoms with Gasteiger partial charge in [-0.3, -0.25) is 0 Å². The second-order valence-electron chi connectivity index (χ2n) is 9.46. The standard InChI is InChI=1S/C25H33ClF2N4O/c1-16(14-33-2)31-18-4-6-19(7-5-18)32-24-12-20(21(26)13-29-24)17-3-8-22(27)23(11-17)30-15-25(28)9-10-25/h3,8,11-13,16,18-19,30-31H,4-7,9-10,14-15H2,1-2H3,(H,29,32)/t16-,18?,19?/m0/s1. The van der Waals surface area contributed by atoms with E-state index in [1.807, 2.05) is 6.07 Å². The van der Waals surface area contributed by atoms with Gasteiger partial charge in [0, 0.05) is 43.5 Å². The molecule has 2 aliphatic carbocycles. The first-order valence-electron chi connectivity index (χ1n) is 11.7. The highest BCUT2D eigenvalue weighted by atomic mass is 35.5. The second kappa shape index (κ2) is 10.5. The number of rotatable bonds is 10. The van der Waals surface area contributed by atoms with Crippen molar-refractivity contribution in [3.63, 3.8) is 0 Å². The molecule has 2 saturated carbocycles. The highest BCUT2D eigenvalue weighted by molar-refractivity contribution is 6.33. The number of alkyl halides is 1. The molecule has 0 bridgehead atoms. The third-order valence-electron chi connectivity index (χ3n) is 6.54. The molecular weight excluding hydrogens is 446 g/mol. The van der Waals surface area contributed by atoms with E-state index in [-0.39, 0.29) is 12.2 Å². The molecular formula is C25H33ClF2N4O. The van der Waals surface area contributed by atoms with Crippen LogP contribution in [0, 0.1) is 5.82 Å². The number of nitrogens with zero attached hydrogens (tertiary/aromatic N) is 1.